The Morgan fingerprint density at radius 2 is 2.11 bits per heavy atom. The zero-order valence-corrected chi connectivity index (χ0v) is 10.8. The molecule has 0 saturated carbocycles. The first-order valence-electron chi connectivity index (χ1n) is 5.60. The van der Waals surface area contributed by atoms with E-state index in [0.29, 0.717) is 22.1 Å². The van der Waals surface area contributed by atoms with Gasteiger partial charge in [0.25, 0.3) is 0 Å². The van der Waals surface area contributed by atoms with Gasteiger partial charge in [-0.25, -0.2) is 9.97 Å². The van der Waals surface area contributed by atoms with Gasteiger partial charge in [0.2, 0.25) is 0 Å². The Labute approximate surface area is 113 Å². The Balaban J connectivity index is 2.35. The lowest BCUT2D eigenvalue weighted by Crippen LogP contribution is -1.98. The molecule has 0 fully saturated rings. The molecule has 0 spiro atoms. The molecule has 94 valence electrons. The van der Waals surface area contributed by atoms with Crippen LogP contribution in [0.1, 0.15) is 15.9 Å². The molecule has 0 aromatic carbocycles. The van der Waals surface area contributed by atoms with Gasteiger partial charge in [0.1, 0.15) is 5.65 Å². The smallest absolute Gasteiger partial charge is 0.156 e. The van der Waals surface area contributed by atoms with Crippen molar-refractivity contribution in [2.24, 2.45) is 0 Å². The minimum Gasteiger partial charge on any atom is -0.298 e. The maximum absolute atomic E-state index is 10.9. The summed E-state index contributed by atoms with van der Waals surface area (Å²) in [5.74, 6) is 0.630. The number of pyridine rings is 1. The van der Waals surface area contributed by atoms with E-state index in [1.807, 2.05) is 6.92 Å². The van der Waals surface area contributed by atoms with E-state index >= 15 is 0 Å². The van der Waals surface area contributed by atoms with E-state index in [4.69, 9.17) is 11.6 Å². The summed E-state index contributed by atoms with van der Waals surface area (Å²) in [6.45, 7) is 1.85. The molecule has 0 aliphatic carbocycles. The Bertz CT molecular complexity index is 767. The maximum atomic E-state index is 10.9. The normalized spacial score (nSPS) is 10.8. The Kier molecular flexibility index (Phi) is 2.76. The zero-order valence-electron chi connectivity index (χ0n) is 10.0. The van der Waals surface area contributed by atoms with Crippen LogP contribution in [0.15, 0.2) is 31.0 Å². The lowest BCUT2D eigenvalue weighted by atomic mass is 10.1. The van der Waals surface area contributed by atoms with Crippen LogP contribution in [0.5, 0.6) is 0 Å². The number of carbonyl (C=O) groups excluding carboxylic acids is 1. The van der Waals surface area contributed by atoms with Crippen molar-refractivity contribution in [1.82, 2.24) is 19.5 Å². The summed E-state index contributed by atoms with van der Waals surface area (Å²) in [5.41, 5.74) is 2.01. The number of aromatic nitrogens is 4. The molecule has 0 amide bonds. The molecule has 0 aliphatic rings. The van der Waals surface area contributed by atoms with Crippen LogP contribution < -0.4 is 0 Å². The molecule has 3 aromatic heterocycles. The van der Waals surface area contributed by atoms with Crippen LogP contribution in [-0.2, 0) is 0 Å². The number of nitrogens with zero attached hydrogens (tertiary/aromatic N) is 4. The predicted molar refractivity (Wildman–Crippen MR) is 71.8 cm³/mol. The van der Waals surface area contributed by atoms with Gasteiger partial charge in [-0.3, -0.25) is 14.3 Å². The summed E-state index contributed by atoms with van der Waals surface area (Å²) in [5, 5.41) is 1.30. The second-order valence-corrected chi connectivity index (χ2v) is 4.47. The van der Waals surface area contributed by atoms with Crippen molar-refractivity contribution >= 4 is 28.9 Å². The third-order valence-electron chi connectivity index (χ3n) is 2.99. The quantitative estimate of drug-likeness (QED) is 0.673. The van der Waals surface area contributed by atoms with Gasteiger partial charge in [-0.15, -0.1) is 0 Å². The molecule has 0 radical (unpaired) electrons. The second-order valence-electron chi connectivity index (χ2n) is 4.07. The lowest BCUT2D eigenvalue weighted by Gasteiger charge is -2.04. The van der Waals surface area contributed by atoms with Crippen LogP contribution in [0.4, 0.5) is 0 Å². The van der Waals surface area contributed by atoms with Crippen molar-refractivity contribution in [2.75, 3.05) is 0 Å². The number of carbonyl (C=O) groups is 1. The van der Waals surface area contributed by atoms with E-state index in [1.54, 1.807) is 29.4 Å². The molecule has 0 atom stereocenters. The summed E-state index contributed by atoms with van der Waals surface area (Å²) >= 11 is 6.24. The van der Waals surface area contributed by atoms with Crippen LogP contribution in [0.25, 0.3) is 16.9 Å². The summed E-state index contributed by atoms with van der Waals surface area (Å²) in [4.78, 5) is 23.5. The highest BCUT2D eigenvalue weighted by atomic mass is 35.5. The maximum Gasteiger partial charge on any atom is 0.156 e. The monoisotopic (exact) mass is 272 g/mol. The zero-order chi connectivity index (χ0) is 13.4. The average Bonchev–Trinajstić information content (AvgIpc) is 2.78. The molecular formula is C13H9ClN4O. The second kappa shape index (κ2) is 4.44. The van der Waals surface area contributed by atoms with Gasteiger partial charge in [0, 0.05) is 35.7 Å². The molecule has 0 bridgehead atoms. The van der Waals surface area contributed by atoms with E-state index in [-0.39, 0.29) is 0 Å². The summed E-state index contributed by atoms with van der Waals surface area (Å²) in [6.07, 6.45) is 8.86. The molecule has 0 unspecified atom stereocenters. The fourth-order valence-corrected chi connectivity index (χ4v) is 2.34. The van der Waals surface area contributed by atoms with Crippen LogP contribution in [-0.4, -0.2) is 25.8 Å². The van der Waals surface area contributed by atoms with E-state index < -0.39 is 0 Å². The third-order valence-corrected chi connectivity index (χ3v) is 3.28. The molecule has 0 N–H and O–H groups in total. The van der Waals surface area contributed by atoms with Gasteiger partial charge in [0.15, 0.2) is 12.1 Å². The SMILES string of the molecule is Cc1c(C=O)cnc2c1c(Cl)cn2-c1cnccn1. The lowest BCUT2D eigenvalue weighted by molar-refractivity contribution is 0.112. The van der Waals surface area contributed by atoms with Crippen molar-refractivity contribution < 1.29 is 4.79 Å². The topological polar surface area (TPSA) is 60.7 Å². The molecule has 3 heterocycles. The first-order valence-corrected chi connectivity index (χ1v) is 5.98. The van der Waals surface area contributed by atoms with E-state index in [1.165, 1.54) is 6.20 Å². The number of fused-ring (bicyclic) bond motifs is 1. The molecule has 3 rings (SSSR count). The van der Waals surface area contributed by atoms with Crippen molar-refractivity contribution in [3.05, 3.63) is 47.1 Å². The Morgan fingerprint density at radius 3 is 2.79 bits per heavy atom. The van der Waals surface area contributed by atoms with Crippen molar-refractivity contribution in [2.45, 2.75) is 6.92 Å². The van der Waals surface area contributed by atoms with Crippen molar-refractivity contribution in [1.29, 1.82) is 0 Å². The predicted octanol–water partition coefficient (Wildman–Crippen LogP) is 2.59. The van der Waals surface area contributed by atoms with Gasteiger partial charge in [-0.05, 0) is 12.5 Å². The number of rotatable bonds is 2. The van der Waals surface area contributed by atoms with Crippen molar-refractivity contribution in [3.63, 3.8) is 0 Å². The standard InChI is InChI=1S/C13H9ClN4O/c1-8-9(7-19)4-17-13-12(8)10(14)6-18(13)11-5-15-2-3-16-11/h2-7H,1H3. The van der Waals surface area contributed by atoms with E-state index in [2.05, 4.69) is 15.0 Å². The fraction of sp³-hybridized carbons (Fsp3) is 0.0769. The van der Waals surface area contributed by atoms with Gasteiger partial charge in [-0.2, -0.15) is 0 Å². The van der Waals surface area contributed by atoms with Crippen LogP contribution in [0.2, 0.25) is 5.02 Å². The Hall–Kier alpha value is -2.27. The molecule has 3 aromatic rings. The van der Waals surface area contributed by atoms with Crippen LogP contribution >= 0.6 is 11.6 Å². The molecule has 0 aliphatic heterocycles. The molecule has 0 saturated heterocycles. The number of hydrogen-bond donors (Lipinski definition) is 0. The number of aldehydes is 1. The summed E-state index contributed by atoms with van der Waals surface area (Å²) in [7, 11) is 0. The fourth-order valence-electron chi connectivity index (χ4n) is 2.02. The molecule has 6 heteroatoms. The molecular weight excluding hydrogens is 264 g/mol. The van der Waals surface area contributed by atoms with E-state index in [0.717, 1.165) is 17.2 Å². The van der Waals surface area contributed by atoms with Gasteiger partial charge >= 0.3 is 0 Å². The highest BCUT2D eigenvalue weighted by Crippen LogP contribution is 2.30. The Morgan fingerprint density at radius 1 is 1.26 bits per heavy atom. The number of aryl methyl sites for hydroxylation is 1. The molecule has 5 nitrogen and oxygen atoms in total. The van der Waals surface area contributed by atoms with Crippen LogP contribution in [0.3, 0.4) is 0 Å². The largest absolute Gasteiger partial charge is 0.298 e. The third kappa shape index (κ3) is 1.79. The van der Waals surface area contributed by atoms with Gasteiger partial charge in [-0.1, -0.05) is 11.6 Å². The first kappa shape index (κ1) is 11.8. The van der Waals surface area contributed by atoms with Gasteiger partial charge < -0.3 is 0 Å². The summed E-state index contributed by atoms with van der Waals surface area (Å²) < 4.78 is 1.76. The molecule has 19 heavy (non-hydrogen) atoms. The average molecular weight is 273 g/mol. The number of halogens is 1. The highest BCUT2D eigenvalue weighted by molar-refractivity contribution is 6.36. The first-order chi connectivity index (χ1) is 9.22. The minimum atomic E-state index is 0.534. The van der Waals surface area contributed by atoms with Crippen LogP contribution in [0, 0.1) is 6.92 Å². The minimum absolute atomic E-state index is 0.534. The highest BCUT2D eigenvalue weighted by Gasteiger charge is 2.14. The van der Waals surface area contributed by atoms with E-state index in [9.17, 15) is 4.79 Å². The van der Waals surface area contributed by atoms with Gasteiger partial charge in [0.05, 0.1) is 11.2 Å². The summed E-state index contributed by atoms with van der Waals surface area (Å²) in [6, 6.07) is 0. The van der Waals surface area contributed by atoms with Crippen molar-refractivity contribution in [3.8, 4) is 5.82 Å². The number of hydrogen-bond acceptors (Lipinski definition) is 4.